The molecule has 0 amide bonds. The lowest BCUT2D eigenvalue weighted by Gasteiger charge is -2.14. The first-order chi connectivity index (χ1) is 12.9. The minimum Gasteiger partial charge on any atom is -0.267 e. The predicted octanol–water partition coefficient (Wildman–Crippen LogP) is 2.14. The van der Waals surface area contributed by atoms with E-state index in [2.05, 4.69) is 4.98 Å². The second-order valence-electron chi connectivity index (χ2n) is 5.48. The number of hydrogen-bond acceptors (Lipinski definition) is 6. The summed E-state index contributed by atoms with van der Waals surface area (Å²) in [5.74, 6) is 0.354. The molecule has 2 aromatic carbocycles. The molecule has 0 aliphatic heterocycles. The van der Waals surface area contributed by atoms with Gasteiger partial charge in [-0.1, -0.05) is 30.3 Å². The van der Waals surface area contributed by atoms with Gasteiger partial charge in [0.25, 0.3) is 5.56 Å². The number of rotatable bonds is 4. The predicted molar refractivity (Wildman–Crippen MR) is 103 cm³/mol. The second-order valence-corrected chi connectivity index (χ2v) is 7.83. The van der Waals surface area contributed by atoms with Crippen LogP contribution in [0.15, 0.2) is 69.3 Å². The fraction of sp³-hybridized carbons (Fsp3) is 0.0556. The fourth-order valence-corrected chi connectivity index (χ4v) is 3.58. The summed E-state index contributed by atoms with van der Waals surface area (Å²) in [7, 11) is -3.86. The van der Waals surface area contributed by atoms with Gasteiger partial charge in [-0.15, -0.1) is 11.8 Å². The van der Waals surface area contributed by atoms with E-state index >= 15 is 0 Å². The van der Waals surface area contributed by atoms with Crippen LogP contribution < -0.4 is 10.7 Å². The van der Waals surface area contributed by atoms with Crippen LogP contribution in [0.5, 0.6) is 0 Å². The molecule has 0 saturated heterocycles. The van der Waals surface area contributed by atoms with Crippen LogP contribution in [0.3, 0.4) is 0 Å². The van der Waals surface area contributed by atoms with Crippen molar-refractivity contribution in [3.63, 3.8) is 0 Å². The van der Waals surface area contributed by atoms with E-state index in [0.717, 1.165) is 0 Å². The first-order valence-electron chi connectivity index (χ1n) is 7.66. The molecule has 0 saturated carbocycles. The van der Waals surface area contributed by atoms with E-state index in [-0.39, 0.29) is 10.5 Å². The molecule has 0 aliphatic rings. The highest BCUT2D eigenvalue weighted by molar-refractivity contribution is 7.98. The quantitative estimate of drug-likeness (QED) is 0.531. The maximum atomic E-state index is 13.0. The van der Waals surface area contributed by atoms with Crippen molar-refractivity contribution < 1.29 is 8.42 Å². The van der Waals surface area contributed by atoms with Gasteiger partial charge in [-0.25, -0.2) is 18.5 Å². The summed E-state index contributed by atoms with van der Waals surface area (Å²) in [5, 5.41) is 14.9. The largest absolute Gasteiger partial charge is 0.277 e. The Morgan fingerprint density at radius 3 is 2.26 bits per heavy atom. The summed E-state index contributed by atoms with van der Waals surface area (Å²) < 4.78 is 24.2. The van der Waals surface area contributed by atoms with E-state index in [9.17, 15) is 18.5 Å². The molecule has 136 valence electrons. The van der Waals surface area contributed by atoms with Gasteiger partial charge in [0.1, 0.15) is 22.5 Å². The highest BCUT2D eigenvalue weighted by Gasteiger charge is 2.19. The Kier molecular flexibility index (Phi) is 5.14. The molecule has 0 radical (unpaired) electrons. The maximum absolute atomic E-state index is 13.0. The van der Waals surface area contributed by atoms with Gasteiger partial charge in [-0.3, -0.25) is 9.36 Å². The summed E-state index contributed by atoms with van der Waals surface area (Å²) >= 11 is 1.21. The van der Waals surface area contributed by atoms with E-state index in [0.29, 0.717) is 22.1 Å². The standard InChI is InChI=1S/C18H14N4O3S2/c1-26-17-15(11-19)18(23)22(16(21-17)12-5-3-2-4-6-12)13-7-9-14(10-8-13)27(20,24)25/h2-10H,1H3,(H2,20,24,25). The van der Waals surface area contributed by atoms with Gasteiger partial charge < -0.3 is 0 Å². The number of nitriles is 1. The second kappa shape index (κ2) is 7.36. The van der Waals surface area contributed by atoms with Crippen molar-refractivity contribution in [1.82, 2.24) is 9.55 Å². The fourth-order valence-electron chi connectivity index (χ4n) is 2.55. The Hall–Kier alpha value is -2.93. The summed E-state index contributed by atoms with van der Waals surface area (Å²) in [4.78, 5) is 17.4. The average molecular weight is 398 g/mol. The van der Waals surface area contributed by atoms with E-state index in [1.807, 2.05) is 24.3 Å². The van der Waals surface area contributed by atoms with Crippen LogP contribution in [-0.4, -0.2) is 24.2 Å². The minimum absolute atomic E-state index is 0.0716. The topological polar surface area (TPSA) is 119 Å². The van der Waals surface area contributed by atoms with Gasteiger partial charge in [0, 0.05) is 5.56 Å². The summed E-state index contributed by atoms with van der Waals surface area (Å²) in [6.07, 6.45) is 1.74. The molecule has 9 heteroatoms. The molecule has 0 bridgehead atoms. The van der Waals surface area contributed by atoms with Gasteiger partial charge in [-0.2, -0.15) is 5.26 Å². The first kappa shape index (κ1) is 18.8. The van der Waals surface area contributed by atoms with Crippen LogP contribution in [0.1, 0.15) is 5.56 Å². The average Bonchev–Trinajstić information content (AvgIpc) is 2.67. The van der Waals surface area contributed by atoms with Crippen LogP contribution in [0.4, 0.5) is 0 Å². The van der Waals surface area contributed by atoms with Crippen molar-refractivity contribution >= 4 is 21.8 Å². The van der Waals surface area contributed by atoms with Crippen molar-refractivity contribution in [1.29, 1.82) is 5.26 Å². The molecule has 7 nitrogen and oxygen atoms in total. The van der Waals surface area contributed by atoms with Crippen molar-refractivity contribution in [3.8, 4) is 23.1 Å². The molecule has 0 aliphatic carbocycles. The molecule has 27 heavy (non-hydrogen) atoms. The lowest BCUT2D eigenvalue weighted by atomic mass is 10.2. The normalized spacial score (nSPS) is 11.1. The lowest BCUT2D eigenvalue weighted by Crippen LogP contribution is -2.25. The van der Waals surface area contributed by atoms with Gasteiger partial charge in [0.05, 0.1) is 10.6 Å². The Balaban J connectivity index is 2.34. The zero-order valence-corrected chi connectivity index (χ0v) is 15.8. The van der Waals surface area contributed by atoms with E-state index in [1.165, 1.54) is 40.6 Å². The van der Waals surface area contributed by atoms with E-state index in [1.54, 1.807) is 18.4 Å². The number of benzene rings is 2. The number of hydrogen-bond donors (Lipinski definition) is 1. The number of nitrogens with two attached hydrogens (primary N) is 1. The third-order valence-corrected chi connectivity index (χ3v) is 5.42. The molecule has 1 aromatic heterocycles. The molecular weight excluding hydrogens is 384 g/mol. The molecule has 1 heterocycles. The zero-order valence-electron chi connectivity index (χ0n) is 14.2. The highest BCUT2D eigenvalue weighted by Crippen LogP contribution is 2.24. The molecule has 0 atom stereocenters. The highest BCUT2D eigenvalue weighted by atomic mass is 32.2. The van der Waals surface area contributed by atoms with Gasteiger partial charge in [0.2, 0.25) is 10.0 Å². The van der Waals surface area contributed by atoms with Crippen LogP contribution in [0.2, 0.25) is 0 Å². The molecular formula is C18H14N4O3S2. The van der Waals surface area contributed by atoms with Crippen molar-refractivity contribution in [2.24, 2.45) is 5.14 Å². The molecule has 3 rings (SSSR count). The maximum Gasteiger partial charge on any atom is 0.277 e. The van der Waals surface area contributed by atoms with Crippen molar-refractivity contribution in [3.05, 3.63) is 70.5 Å². The van der Waals surface area contributed by atoms with Crippen LogP contribution >= 0.6 is 11.8 Å². The van der Waals surface area contributed by atoms with Crippen LogP contribution in [0, 0.1) is 11.3 Å². The monoisotopic (exact) mass is 398 g/mol. The van der Waals surface area contributed by atoms with Gasteiger partial charge in [0.15, 0.2) is 0 Å². The minimum atomic E-state index is -3.86. The molecule has 0 unspecified atom stereocenters. The Morgan fingerprint density at radius 2 is 1.74 bits per heavy atom. The molecule has 0 spiro atoms. The Bertz CT molecular complexity index is 1200. The lowest BCUT2D eigenvalue weighted by molar-refractivity contribution is 0.598. The number of nitrogens with zero attached hydrogens (tertiary/aromatic N) is 3. The SMILES string of the molecule is CSc1nc(-c2ccccc2)n(-c2ccc(S(N)(=O)=O)cc2)c(=O)c1C#N. The third-order valence-electron chi connectivity index (χ3n) is 3.81. The van der Waals surface area contributed by atoms with Crippen molar-refractivity contribution in [2.45, 2.75) is 9.92 Å². The van der Waals surface area contributed by atoms with Crippen LogP contribution in [0.25, 0.3) is 17.1 Å². The van der Waals surface area contributed by atoms with E-state index in [4.69, 9.17) is 5.14 Å². The summed E-state index contributed by atoms with van der Waals surface area (Å²) in [6.45, 7) is 0. The zero-order chi connectivity index (χ0) is 19.6. The Morgan fingerprint density at radius 1 is 1.11 bits per heavy atom. The van der Waals surface area contributed by atoms with Crippen LogP contribution in [-0.2, 0) is 10.0 Å². The molecule has 2 N–H and O–H groups in total. The molecule has 3 aromatic rings. The smallest absolute Gasteiger partial charge is 0.267 e. The molecule has 0 fully saturated rings. The summed E-state index contributed by atoms with van der Waals surface area (Å²) in [6, 6.07) is 16.5. The third kappa shape index (κ3) is 3.64. The van der Waals surface area contributed by atoms with Gasteiger partial charge >= 0.3 is 0 Å². The van der Waals surface area contributed by atoms with Crippen molar-refractivity contribution in [2.75, 3.05) is 6.26 Å². The number of thioether (sulfide) groups is 1. The number of primary sulfonamides is 1. The van der Waals surface area contributed by atoms with E-state index < -0.39 is 15.6 Å². The number of aromatic nitrogens is 2. The first-order valence-corrected chi connectivity index (χ1v) is 10.4. The summed E-state index contributed by atoms with van der Waals surface area (Å²) in [5.41, 5.74) is 0.463. The number of sulfonamides is 1. The van der Waals surface area contributed by atoms with Gasteiger partial charge in [-0.05, 0) is 30.5 Å². The Labute approximate surface area is 160 Å².